The van der Waals surface area contributed by atoms with E-state index in [2.05, 4.69) is 5.32 Å². The molecule has 0 radical (unpaired) electrons. The third kappa shape index (κ3) is 2.86. The molecule has 86 valence electrons. The van der Waals surface area contributed by atoms with Gasteiger partial charge in [0.1, 0.15) is 6.61 Å². The standard InChI is InChI=1S/C10H18N2O2S/c1-10(7-11-8-10)14-6-9(13)12-2-4-15-5-3-12/h11H,2-8H2,1H3. The maximum atomic E-state index is 11.8. The Hall–Kier alpha value is -0.260. The van der Waals surface area contributed by atoms with Gasteiger partial charge in [-0.25, -0.2) is 0 Å². The van der Waals surface area contributed by atoms with Crippen LogP contribution in [0.4, 0.5) is 0 Å². The lowest BCUT2D eigenvalue weighted by atomic mass is 10.0. The molecule has 1 N–H and O–H groups in total. The smallest absolute Gasteiger partial charge is 0.248 e. The molecular formula is C10H18N2O2S. The third-order valence-corrected chi connectivity index (χ3v) is 3.85. The molecule has 15 heavy (non-hydrogen) atoms. The maximum absolute atomic E-state index is 11.8. The first-order valence-electron chi connectivity index (χ1n) is 5.40. The van der Waals surface area contributed by atoms with Crippen LogP contribution >= 0.6 is 11.8 Å². The topological polar surface area (TPSA) is 41.6 Å². The Morgan fingerprint density at radius 3 is 2.67 bits per heavy atom. The fourth-order valence-electron chi connectivity index (χ4n) is 1.72. The first kappa shape index (κ1) is 11.2. The van der Waals surface area contributed by atoms with Crippen LogP contribution in [0.1, 0.15) is 6.92 Å². The van der Waals surface area contributed by atoms with Gasteiger partial charge in [0.25, 0.3) is 0 Å². The molecule has 2 saturated heterocycles. The maximum Gasteiger partial charge on any atom is 0.248 e. The summed E-state index contributed by atoms with van der Waals surface area (Å²) in [6, 6.07) is 0. The number of thioether (sulfide) groups is 1. The average molecular weight is 230 g/mol. The van der Waals surface area contributed by atoms with E-state index in [1.807, 2.05) is 23.6 Å². The summed E-state index contributed by atoms with van der Waals surface area (Å²) >= 11 is 1.91. The van der Waals surface area contributed by atoms with Gasteiger partial charge in [-0.2, -0.15) is 11.8 Å². The zero-order valence-electron chi connectivity index (χ0n) is 9.12. The van der Waals surface area contributed by atoms with Crippen molar-refractivity contribution >= 4 is 17.7 Å². The molecule has 4 nitrogen and oxygen atoms in total. The summed E-state index contributed by atoms with van der Waals surface area (Å²) in [6.45, 7) is 5.75. The monoisotopic (exact) mass is 230 g/mol. The van der Waals surface area contributed by atoms with Gasteiger partial charge < -0.3 is 15.0 Å². The van der Waals surface area contributed by atoms with Crippen LogP contribution in [0.3, 0.4) is 0 Å². The first-order chi connectivity index (χ1) is 7.20. The lowest BCUT2D eigenvalue weighted by Gasteiger charge is -2.39. The highest BCUT2D eigenvalue weighted by Crippen LogP contribution is 2.16. The highest BCUT2D eigenvalue weighted by molar-refractivity contribution is 7.99. The number of hydrogen-bond donors (Lipinski definition) is 1. The molecule has 2 aliphatic heterocycles. The molecule has 2 fully saturated rings. The van der Waals surface area contributed by atoms with E-state index in [-0.39, 0.29) is 18.1 Å². The molecule has 2 rings (SSSR count). The van der Waals surface area contributed by atoms with E-state index in [4.69, 9.17) is 4.74 Å². The average Bonchev–Trinajstić information content (AvgIpc) is 2.24. The van der Waals surface area contributed by atoms with Crippen LogP contribution in [0.15, 0.2) is 0 Å². The van der Waals surface area contributed by atoms with Crippen molar-refractivity contribution in [3.05, 3.63) is 0 Å². The van der Waals surface area contributed by atoms with Crippen LogP contribution in [0.2, 0.25) is 0 Å². The van der Waals surface area contributed by atoms with Crippen molar-refractivity contribution in [2.75, 3.05) is 44.3 Å². The number of nitrogens with one attached hydrogen (secondary N) is 1. The first-order valence-corrected chi connectivity index (χ1v) is 6.55. The molecule has 0 aromatic heterocycles. The molecule has 1 amide bonds. The molecule has 5 heteroatoms. The number of ether oxygens (including phenoxy) is 1. The number of amides is 1. The van der Waals surface area contributed by atoms with Crippen LogP contribution in [0.25, 0.3) is 0 Å². The van der Waals surface area contributed by atoms with Crippen molar-refractivity contribution in [2.24, 2.45) is 0 Å². The Morgan fingerprint density at radius 1 is 1.47 bits per heavy atom. The molecule has 0 saturated carbocycles. The number of nitrogens with zero attached hydrogens (tertiary/aromatic N) is 1. The van der Waals surface area contributed by atoms with E-state index in [0.29, 0.717) is 0 Å². The molecule has 0 aliphatic carbocycles. The summed E-state index contributed by atoms with van der Waals surface area (Å²) in [7, 11) is 0. The summed E-state index contributed by atoms with van der Waals surface area (Å²) in [5, 5.41) is 3.15. The molecule has 0 aromatic carbocycles. The number of hydrogen-bond acceptors (Lipinski definition) is 4. The van der Waals surface area contributed by atoms with E-state index in [9.17, 15) is 4.79 Å². The van der Waals surface area contributed by atoms with E-state index < -0.39 is 0 Å². The summed E-state index contributed by atoms with van der Waals surface area (Å²) in [4.78, 5) is 13.7. The van der Waals surface area contributed by atoms with Gasteiger partial charge in [0.15, 0.2) is 0 Å². The van der Waals surface area contributed by atoms with Gasteiger partial charge in [0.2, 0.25) is 5.91 Å². The Morgan fingerprint density at radius 2 is 2.13 bits per heavy atom. The molecule has 2 aliphatic rings. The summed E-state index contributed by atoms with van der Waals surface area (Å²) in [6.07, 6.45) is 0. The molecular weight excluding hydrogens is 212 g/mol. The normalized spacial score (nSPS) is 24.7. The fraction of sp³-hybridized carbons (Fsp3) is 0.900. The van der Waals surface area contributed by atoms with Gasteiger partial charge >= 0.3 is 0 Å². The van der Waals surface area contributed by atoms with E-state index in [1.54, 1.807) is 0 Å². The second-order valence-electron chi connectivity index (χ2n) is 4.34. The second kappa shape index (κ2) is 4.72. The summed E-state index contributed by atoms with van der Waals surface area (Å²) in [5.41, 5.74) is -0.111. The molecule has 0 aromatic rings. The highest BCUT2D eigenvalue weighted by atomic mass is 32.2. The predicted molar refractivity (Wildman–Crippen MR) is 61.1 cm³/mol. The van der Waals surface area contributed by atoms with Gasteiger partial charge in [-0.05, 0) is 6.92 Å². The molecule has 0 unspecified atom stereocenters. The van der Waals surface area contributed by atoms with Gasteiger partial charge in [-0.15, -0.1) is 0 Å². The van der Waals surface area contributed by atoms with Crippen LogP contribution < -0.4 is 5.32 Å². The minimum absolute atomic E-state index is 0.111. The van der Waals surface area contributed by atoms with Crippen LogP contribution in [0.5, 0.6) is 0 Å². The van der Waals surface area contributed by atoms with Crippen molar-refractivity contribution in [3.63, 3.8) is 0 Å². The Balaban J connectivity index is 1.71. The second-order valence-corrected chi connectivity index (χ2v) is 5.56. The lowest BCUT2D eigenvalue weighted by Crippen LogP contribution is -2.59. The quantitative estimate of drug-likeness (QED) is 0.737. The van der Waals surface area contributed by atoms with E-state index in [0.717, 1.165) is 37.7 Å². The highest BCUT2D eigenvalue weighted by Gasteiger charge is 2.33. The van der Waals surface area contributed by atoms with Crippen LogP contribution in [-0.2, 0) is 9.53 Å². The predicted octanol–water partition coefficient (Wildman–Crippen LogP) is -0.0597. The van der Waals surface area contributed by atoms with Gasteiger partial charge in [0.05, 0.1) is 5.60 Å². The van der Waals surface area contributed by atoms with Gasteiger partial charge in [0, 0.05) is 37.7 Å². The Labute approximate surface area is 94.7 Å². The van der Waals surface area contributed by atoms with Gasteiger partial charge in [-0.1, -0.05) is 0 Å². The summed E-state index contributed by atoms with van der Waals surface area (Å²) < 4.78 is 5.62. The fourth-order valence-corrected chi connectivity index (χ4v) is 2.62. The van der Waals surface area contributed by atoms with Crippen LogP contribution in [0, 0.1) is 0 Å². The van der Waals surface area contributed by atoms with Crippen molar-refractivity contribution in [1.29, 1.82) is 0 Å². The largest absolute Gasteiger partial charge is 0.363 e. The minimum Gasteiger partial charge on any atom is -0.363 e. The Bertz CT molecular complexity index is 238. The zero-order chi connectivity index (χ0) is 10.7. The summed E-state index contributed by atoms with van der Waals surface area (Å²) in [5.74, 6) is 2.26. The molecule has 0 atom stereocenters. The minimum atomic E-state index is -0.111. The lowest BCUT2D eigenvalue weighted by molar-refractivity contribution is -0.145. The third-order valence-electron chi connectivity index (χ3n) is 2.91. The van der Waals surface area contributed by atoms with Crippen LogP contribution in [-0.4, -0.2) is 60.7 Å². The van der Waals surface area contributed by atoms with Gasteiger partial charge in [-0.3, -0.25) is 4.79 Å². The van der Waals surface area contributed by atoms with Crippen molar-refractivity contribution in [2.45, 2.75) is 12.5 Å². The molecule has 2 heterocycles. The zero-order valence-corrected chi connectivity index (χ0v) is 9.94. The SMILES string of the molecule is CC1(OCC(=O)N2CCSCC2)CNC1. The van der Waals surface area contributed by atoms with Crippen molar-refractivity contribution < 1.29 is 9.53 Å². The van der Waals surface area contributed by atoms with E-state index >= 15 is 0 Å². The Kier molecular flexibility index (Phi) is 3.53. The molecule has 0 bridgehead atoms. The van der Waals surface area contributed by atoms with Crippen molar-refractivity contribution in [3.8, 4) is 0 Å². The number of rotatable bonds is 3. The van der Waals surface area contributed by atoms with Crippen molar-refractivity contribution in [1.82, 2.24) is 10.2 Å². The number of carbonyl (C=O) groups excluding carboxylic acids is 1. The number of carbonyl (C=O) groups is 1. The van der Waals surface area contributed by atoms with E-state index in [1.165, 1.54) is 0 Å². The molecule has 0 spiro atoms.